The van der Waals surface area contributed by atoms with Crippen LogP contribution in [0, 0.1) is 11.3 Å². The quantitative estimate of drug-likeness (QED) is 0.378. The fourth-order valence-electron chi connectivity index (χ4n) is 5.02. The number of fused-ring (bicyclic) bond motifs is 1. The van der Waals surface area contributed by atoms with Crippen molar-refractivity contribution in [3.05, 3.63) is 41.7 Å². The predicted octanol–water partition coefficient (Wildman–Crippen LogP) is 1.41. The molecule has 0 bridgehead atoms. The number of likely N-dealkylation sites (tertiary alicyclic amines) is 1. The molecule has 204 valence electrons. The van der Waals surface area contributed by atoms with E-state index >= 15 is 0 Å². The Morgan fingerprint density at radius 3 is 2.79 bits per heavy atom. The van der Waals surface area contributed by atoms with Gasteiger partial charge in [0.25, 0.3) is 10.0 Å². The average Bonchev–Trinajstić information content (AvgIpc) is 3.69. The number of ether oxygens (including phenoxy) is 1. The summed E-state index contributed by atoms with van der Waals surface area (Å²) in [6.45, 7) is 1.81. The number of anilines is 2. The Hall–Kier alpha value is -3.80. The van der Waals surface area contributed by atoms with Gasteiger partial charge in [0.05, 0.1) is 24.9 Å². The van der Waals surface area contributed by atoms with E-state index in [-0.39, 0.29) is 29.4 Å². The van der Waals surface area contributed by atoms with E-state index < -0.39 is 34.0 Å². The maximum atomic E-state index is 13.4. The molecule has 12 nitrogen and oxygen atoms in total. The Balaban J connectivity index is 1.36. The van der Waals surface area contributed by atoms with Gasteiger partial charge in [-0.15, -0.1) is 0 Å². The number of thiazole rings is 1. The summed E-state index contributed by atoms with van der Waals surface area (Å²) in [5.41, 5.74) is 6.77. The van der Waals surface area contributed by atoms with Gasteiger partial charge >= 0.3 is 5.97 Å². The normalized spacial score (nSPS) is 18.5. The molecule has 39 heavy (non-hydrogen) atoms. The van der Waals surface area contributed by atoms with Gasteiger partial charge in [0.2, 0.25) is 5.91 Å². The molecule has 2 aromatic heterocycles. The molecule has 5 rings (SSSR count). The Morgan fingerprint density at radius 1 is 1.31 bits per heavy atom. The Labute approximate surface area is 229 Å². The van der Waals surface area contributed by atoms with E-state index in [1.807, 2.05) is 4.90 Å². The molecular formula is C25H27N7O5S2. The van der Waals surface area contributed by atoms with Crippen molar-refractivity contribution in [1.82, 2.24) is 19.6 Å². The zero-order chi connectivity index (χ0) is 27.7. The summed E-state index contributed by atoms with van der Waals surface area (Å²) in [5, 5.41) is 11.7. The van der Waals surface area contributed by atoms with E-state index in [0.717, 1.165) is 42.7 Å². The van der Waals surface area contributed by atoms with Crippen molar-refractivity contribution in [2.24, 2.45) is 0 Å². The largest absolute Gasteiger partial charge is 0.467 e. The van der Waals surface area contributed by atoms with Gasteiger partial charge < -0.3 is 20.3 Å². The van der Waals surface area contributed by atoms with Crippen molar-refractivity contribution in [2.45, 2.75) is 42.0 Å². The number of nitrogen functional groups attached to an aromatic ring is 1. The number of nitrogens with zero attached hydrogens (tertiary/aromatic N) is 5. The van der Waals surface area contributed by atoms with Gasteiger partial charge in [-0.05, 0) is 48.4 Å². The number of rotatable bonds is 8. The van der Waals surface area contributed by atoms with Crippen molar-refractivity contribution in [3.63, 3.8) is 0 Å². The number of benzene rings is 1. The lowest BCUT2D eigenvalue weighted by Crippen LogP contribution is -2.48. The molecule has 2 atom stereocenters. The maximum Gasteiger partial charge on any atom is 0.328 e. The lowest BCUT2D eigenvalue weighted by atomic mass is 9.96. The van der Waals surface area contributed by atoms with E-state index in [2.05, 4.69) is 20.8 Å². The SMILES string of the molecule is COC(=O)C(Cc1cc2ccnc(N)c2cc1C#N)N1CCC(NS(=O)(=O)c2cnc(N3CCCC3)s2)C1=O. The number of pyridine rings is 1. The molecule has 0 saturated carbocycles. The number of methoxy groups -OCH3 is 1. The van der Waals surface area contributed by atoms with E-state index in [9.17, 15) is 23.3 Å². The van der Waals surface area contributed by atoms with E-state index in [4.69, 9.17) is 10.5 Å². The first-order valence-corrected chi connectivity index (χ1v) is 14.7. The first-order chi connectivity index (χ1) is 18.7. The third kappa shape index (κ3) is 5.25. The van der Waals surface area contributed by atoms with E-state index in [0.29, 0.717) is 21.6 Å². The van der Waals surface area contributed by atoms with Crippen LogP contribution in [0.4, 0.5) is 10.9 Å². The minimum atomic E-state index is -4.00. The second-order valence-corrected chi connectivity index (χ2v) is 12.4. The van der Waals surface area contributed by atoms with E-state index in [1.165, 1.54) is 18.2 Å². The van der Waals surface area contributed by atoms with Crippen LogP contribution in [-0.4, -0.2) is 74.0 Å². The van der Waals surface area contributed by atoms with E-state index in [1.54, 1.807) is 24.4 Å². The number of esters is 1. The summed E-state index contributed by atoms with van der Waals surface area (Å²) in [7, 11) is -2.79. The number of sulfonamides is 1. The Bertz CT molecular complexity index is 1580. The number of amides is 1. The molecule has 2 aliphatic heterocycles. The van der Waals surface area contributed by atoms with Crippen LogP contribution in [0.5, 0.6) is 0 Å². The fourth-order valence-corrected chi connectivity index (χ4v) is 7.43. The first kappa shape index (κ1) is 26.8. The summed E-state index contributed by atoms with van der Waals surface area (Å²) in [4.78, 5) is 37.9. The van der Waals surface area contributed by atoms with Crippen LogP contribution in [0.3, 0.4) is 0 Å². The predicted molar refractivity (Wildman–Crippen MR) is 144 cm³/mol. The summed E-state index contributed by atoms with van der Waals surface area (Å²) < 4.78 is 33.7. The number of nitrogens with one attached hydrogen (secondary N) is 1. The van der Waals surface area contributed by atoms with Crippen molar-refractivity contribution >= 4 is 55.0 Å². The molecule has 1 amide bonds. The van der Waals surface area contributed by atoms with Gasteiger partial charge in [-0.2, -0.15) is 9.98 Å². The molecule has 14 heteroatoms. The van der Waals surface area contributed by atoms with Gasteiger partial charge in [0.15, 0.2) is 9.34 Å². The van der Waals surface area contributed by atoms with Crippen LogP contribution in [0.1, 0.15) is 30.4 Å². The third-order valence-electron chi connectivity index (χ3n) is 7.05. The number of nitrogens with two attached hydrogens (primary N) is 1. The third-order valence-corrected chi connectivity index (χ3v) is 10.0. The fraction of sp³-hybridized carbons (Fsp3) is 0.400. The van der Waals surface area contributed by atoms with Crippen molar-refractivity contribution in [3.8, 4) is 6.07 Å². The lowest BCUT2D eigenvalue weighted by molar-refractivity contribution is -0.151. The molecular weight excluding hydrogens is 542 g/mol. The average molecular weight is 570 g/mol. The standard InChI is InChI=1S/C25H27N7O5S2/c1-37-24(34)20(12-16-10-15-4-6-28-22(27)18(15)11-17(16)13-26)32-9-5-19(23(32)33)30-39(35,36)21-14-29-25(38-21)31-7-2-3-8-31/h4,6,10-11,14,19-20,30H,2-3,5,7-9,12H2,1H3,(H2,27,28). The minimum absolute atomic E-state index is 0.00693. The van der Waals surface area contributed by atoms with Crippen molar-refractivity contribution in [2.75, 3.05) is 37.4 Å². The smallest absolute Gasteiger partial charge is 0.328 e. The highest BCUT2D eigenvalue weighted by Gasteiger charge is 2.42. The van der Waals surface area contributed by atoms with Crippen LogP contribution < -0.4 is 15.4 Å². The number of aromatic nitrogens is 2. The van der Waals surface area contributed by atoms with Gasteiger partial charge in [-0.1, -0.05) is 11.3 Å². The van der Waals surface area contributed by atoms with Crippen LogP contribution >= 0.6 is 11.3 Å². The van der Waals surface area contributed by atoms with Crippen LogP contribution in [0.25, 0.3) is 10.8 Å². The van der Waals surface area contributed by atoms with Crippen LogP contribution in [0.15, 0.2) is 34.8 Å². The molecule has 3 aromatic rings. The monoisotopic (exact) mass is 569 g/mol. The molecule has 2 unspecified atom stereocenters. The molecule has 4 heterocycles. The van der Waals surface area contributed by atoms with Gasteiger partial charge in [0, 0.05) is 37.6 Å². The summed E-state index contributed by atoms with van der Waals surface area (Å²) in [5.74, 6) is -0.924. The molecule has 0 radical (unpaired) electrons. The maximum absolute atomic E-state index is 13.4. The second kappa shape index (κ2) is 10.8. The highest BCUT2D eigenvalue weighted by atomic mass is 32.2. The van der Waals surface area contributed by atoms with Crippen LogP contribution in [-0.2, 0) is 30.8 Å². The van der Waals surface area contributed by atoms with Crippen molar-refractivity contribution < 1.29 is 22.7 Å². The summed E-state index contributed by atoms with van der Waals surface area (Å²) >= 11 is 1.07. The number of carbonyl (C=O) groups is 2. The summed E-state index contributed by atoms with van der Waals surface area (Å²) in [6.07, 6.45) is 5.10. The Morgan fingerprint density at radius 2 is 2.08 bits per heavy atom. The Kier molecular flexibility index (Phi) is 7.39. The number of hydrogen-bond acceptors (Lipinski definition) is 11. The molecule has 3 N–H and O–H groups in total. The topological polar surface area (TPSA) is 172 Å². The molecule has 0 aliphatic carbocycles. The first-order valence-electron chi connectivity index (χ1n) is 12.4. The minimum Gasteiger partial charge on any atom is -0.467 e. The molecule has 2 fully saturated rings. The van der Waals surface area contributed by atoms with Crippen molar-refractivity contribution in [1.29, 1.82) is 5.26 Å². The highest BCUT2D eigenvalue weighted by molar-refractivity contribution is 7.91. The van der Waals surface area contributed by atoms with Gasteiger partial charge in [-0.3, -0.25) is 4.79 Å². The second-order valence-electron chi connectivity index (χ2n) is 9.43. The lowest BCUT2D eigenvalue weighted by Gasteiger charge is -2.26. The number of nitriles is 1. The number of carbonyl (C=O) groups excluding carboxylic acids is 2. The molecule has 0 spiro atoms. The van der Waals surface area contributed by atoms with Gasteiger partial charge in [-0.25, -0.2) is 23.2 Å². The molecule has 2 saturated heterocycles. The zero-order valence-electron chi connectivity index (χ0n) is 21.2. The molecule has 1 aromatic carbocycles. The zero-order valence-corrected chi connectivity index (χ0v) is 22.8. The molecule has 2 aliphatic rings. The summed E-state index contributed by atoms with van der Waals surface area (Å²) in [6, 6.07) is 5.11. The van der Waals surface area contributed by atoms with Gasteiger partial charge in [0.1, 0.15) is 17.9 Å². The number of hydrogen-bond donors (Lipinski definition) is 2. The highest BCUT2D eigenvalue weighted by Crippen LogP contribution is 2.30. The van der Waals surface area contributed by atoms with Crippen LogP contribution in [0.2, 0.25) is 0 Å².